The Morgan fingerprint density at radius 2 is 1.71 bits per heavy atom. The summed E-state index contributed by atoms with van der Waals surface area (Å²) < 4.78 is 25.7. The number of aliphatic hydroxyl groups excluding tert-OH is 1. The summed E-state index contributed by atoms with van der Waals surface area (Å²) in [6, 6.07) is 12.2. The number of fused-ring (bicyclic) bond motifs is 1. The van der Waals surface area contributed by atoms with E-state index in [0.29, 0.717) is 13.0 Å². The van der Waals surface area contributed by atoms with Crippen LogP contribution in [0.3, 0.4) is 0 Å². The molecule has 0 radical (unpaired) electrons. The average Bonchev–Trinajstić information content (AvgIpc) is 3.04. The zero-order valence-corrected chi connectivity index (χ0v) is 19.7. The Morgan fingerprint density at radius 3 is 2.35 bits per heavy atom. The lowest BCUT2D eigenvalue weighted by molar-refractivity contribution is 0.109. The second kappa shape index (κ2) is 8.45. The highest BCUT2D eigenvalue weighted by Gasteiger charge is 2.33. The van der Waals surface area contributed by atoms with Gasteiger partial charge in [-0.2, -0.15) is 0 Å². The highest BCUT2D eigenvalue weighted by Crippen LogP contribution is 2.36. The molecular weight excluding hydrogens is 410 g/mol. The molecule has 0 aromatic heterocycles. The standard InChI is InChI=1S/C24H33N3O3S/c1-17-5-7-22(18(2)13-17)26-11-9-25(10-12-26)16-24(28)20-6-8-23-21(15-20)14-19(3)27(23)31(4,29)30/h5-8,13,15,19,24,28H,9-12,14,16H2,1-4H3/t19-,24-/m1/s1. The molecule has 0 amide bonds. The van der Waals surface area contributed by atoms with Crippen molar-refractivity contribution in [2.24, 2.45) is 0 Å². The normalized spacial score (nSPS) is 20.7. The predicted molar refractivity (Wildman–Crippen MR) is 126 cm³/mol. The zero-order chi connectivity index (χ0) is 22.3. The minimum atomic E-state index is -3.30. The molecule has 1 N–H and O–H groups in total. The van der Waals surface area contributed by atoms with Crippen molar-refractivity contribution in [3.63, 3.8) is 0 Å². The van der Waals surface area contributed by atoms with Gasteiger partial charge in [0.2, 0.25) is 10.0 Å². The number of hydrogen-bond acceptors (Lipinski definition) is 5. The number of aliphatic hydroxyl groups is 1. The van der Waals surface area contributed by atoms with Gasteiger partial charge in [-0.15, -0.1) is 0 Å². The van der Waals surface area contributed by atoms with Crippen LogP contribution in [-0.4, -0.2) is 63.4 Å². The first-order valence-corrected chi connectivity index (χ1v) is 12.8. The fourth-order valence-electron chi connectivity index (χ4n) is 5.02. The van der Waals surface area contributed by atoms with Gasteiger partial charge >= 0.3 is 0 Å². The Hall–Kier alpha value is -2.09. The molecule has 7 heteroatoms. The van der Waals surface area contributed by atoms with Crippen LogP contribution in [0.4, 0.5) is 11.4 Å². The Balaban J connectivity index is 1.39. The number of piperazine rings is 1. The predicted octanol–water partition coefficient (Wildman–Crippen LogP) is 2.87. The molecule has 2 heterocycles. The maximum atomic E-state index is 12.1. The fourth-order valence-corrected chi connectivity index (χ4v) is 6.28. The first kappa shape index (κ1) is 22.1. The number of nitrogens with zero attached hydrogens (tertiary/aromatic N) is 3. The van der Waals surface area contributed by atoms with Crippen LogP contribution in [0, 0.1) is 13.8 Å². The van der Waals surface area contributed by atoms with Crippen molar-refractivity contribution >= 4 is 21.4 Å². The van der Waals surface area contributed by atoms with E-state index in [1.165, 1.54) is 27.4 Å². The van der Waals surface area contributed by atoms with Crippen molar-refractivity contribution in [1.29, 1.82) is 0 Å². The van der Waals surface area contributed by atoms with E-state index in [1.807, 2.05) is 25.1 Å². The van der Waals surface area contributed by atoms with Gasteiger partial charge in [0, 0.05) is 44.5 Å². The third-order valence-electron chi connectivity index (χ3n) is 6.50. The molecular formula is C24H33N3O3S. The Morgan fingerprint density at radius 1 is 1.03 bits per heavy atom. The van der Waals surface area contributed by atoms with Gasteiger partial charge in [0.25, 0.3) is 0 Å². The first-order chi connectivity index (χ1) is 14.6. The Kier molecular flexibility index (Phi) is 6.03. The van der Waals surface area contributed by atoms with Crippen LogP contribution in [-0.2, 0) is 16.4 Å². The summed E-state index contributed by atoms with van der Waals surface area (Å²) in [4.78, 5) is 4.73. The number of aryl methyl sites for hydroxylation is 2. The van der Waals surface area contributed by atoms with E-state index in [-0.39, 0.29) is 6.04 Å². The van der Waals surface area contributed by atoms with Crippen LogP contribution < -0.4 is 9.21 Å². The summed E-state index contributed by atoms with van der Waals surface area (Å²) in [5, 5.41) is 10.9. The number of hydrogen-bond donors (Lipinski definition) is 1. The number of rotatable bonds is 5. The lowest BCUT2D eigenvalue weighted by Gasteiger charge is -2.37. The third kappa shape index (κ3) is 4.59. The van der Waals surface area contributed by atoms with Crippen LogP contribution in [0.1, 0.15) is 35.3 Å². The smallest absolute Gasteiger partial charge is 0.232 e. The molecule has 31 heavy (non-hydrogen) atoms. The monoisotopic (exact) mass is 443 g/mol. The SMILES string of the molecule is Cc1ccc(N2CCN(C[C@@H](O)c3ccc4c(c3)C[C@@H](C)N4S(C)(=O)=O)CC2)c(C)c1. The summed E-state index contributed by atoms with van der Waals surface area (Å²) >= 11 is 0. The van der Waals surface area contributed by atoms with Gasteiger partial charge in [-0.05, 0) is 56.0 Å². The lowest BCUT2D eigenvalue weighted by Crippen LogP contribution is -2.47. The molecule has 168 valence electrons. The zero-order valence-electron chi connectivity index (χ0n) is 18.9. The maximum Gasteiger partial charge on any atom is 0.232 e. The molecule has 0 spiro atoms. The Bertz CT molecular complexity index is 1060. The molecule has 2 aliphatic heterocycles. The van der Waals surface area contributed by atoms with E-state index in [2.05, 4.69) is 41.8 Å². The Labute approximate surface area is 186 Å². The molecule has 2 aromatic rings. The van der Waals surface area contributed by atoms with Gasteiger partial charge in [-0.1, -0.05) is 29.8 Å². The lowest BCUT2D eigenvalue weighted by atomic mass is 10.0. The minimum Gasteiger partial charge on any atom is -0.387 e. The number of anilines is 2. The summed E-state index contributed by atoms with van der Waals surface area (Å²) in [5.41, 5.74) is 6.49. The molecule has 2 aromatic carbocycles. The van der Waals surface area contributed by atoms with Gasteiger partial charge in [0.05, 0.1) is 18.0 Å². The summed E-state index contributed by atoms with van der Waals surface area (Å²) in [6.45, 7) is 10.5. The molecule has 4 rings (SSSR count). The molecule has 1 fully saturated rings. The molecule has 0 aliphatic carbocycles. The summed E-state index contributed by atoms with van der Waals surface area (Å²) in [7, 11) is -3.30. The van der Waals surface area contributed by atoms with Crippen molar-refractivity contribution in [2.45, 2.75) is 39.3 Å². The van der Waals surface area contributed by atoms with Crippen LogP contribution in [0.2, 0.25) is 0 Å². The average molecular weight is 444 g/mol. The number of sulfonamides is 1. The van der Waals surface area contributed by atoms with Crippen molar-refractivity contribution in [2.75, 3.05) is 48.2 Å². The van der Waals surface area contributed by atoms with Crippen LogP contribution in [0.15, 0.2) is 36.4 Å². The van der Waals surface area contributed by atoms with Gasteiger partial charge in [0.1, 0.15) is 0 Å². The number of β-amino-alcohol motifs (C(OH)–C–C–N with tert-alkyl or cyclic N) is 1. The molecule has 2 aliphatic rings. The molecule has 0 unspecified atom stereocenters. The van der Waals surface area contributed by atoms with E-state index < -0.39 is 16.1 Å². The van der Waals surface area contributed by atoms with Crippen molar-refractivity contribution in [1.82, 2.24) is 4.90 Å². The highest BCUT2D eigenvalue weighted by atomic mass is 32.2. The quantitative estimate of drug-likeness (QED) is 0.770. The maximum absolute atomic E-state index is 12.1. The van der Waals surface area contributed by atoms with E-state index in [9.17, 15) is 13.5 Å². The van der Waals surface area contributed by atoms with Gasteiger partial charge in [-0.25, -0.2) is 8.42 Å². The molecule has 6 nitrogen and oxygen atoms in total. The van der Waals surface area contributed by atoms with Crippen LogP contribution in [0.25, 0.3) is 0 Å². The van der Waals surface area contributed by atoms with Crippen molar-refractivity contribution < 1.29 is 13.5 Å². The fraction of sp³-hybridized carbons (Fsp3) is 0.500. The molecule has 0 bridgehead atoms. The summed E-state index contributed by atoms with van der Waals surface area (Å²) in [5.74, 6) is 0. The van der Waals surface area contributed by atoms with Gasteiger partial charge < -0.3 is 10.0 Å². The number of benzene rings is 2. The molecule has 1 saturated heterocycles. The van der Waals surface area contributed by atoms with E-state index in [1.54, 1.807) is 0 Å². The largest absolute Gasteiger partial charge is 0.387 e. The van der Waals surface area contributed by atoms with E-state index in [4.69, 9.17) is 0 Å². The summed E-state index contributed by atoms with van der Waals surface area (Å²) in [6.07, 6.45) is 1.34. The van der Waals surface area contributed by atoms with E-state index >= 15 is 0 Å². The highest BCUT2D eigenvalue weighted by molar-refractivity contribution is 7.92. The second-order valence-corrected chi connectivity index (χ2v) is 11.0. The van der Waals surface area contributed by atoms with Gasteiger partial charge in [-0.3, -0.25) is 9.21 Å². The van der Waals surface area contributed by atoms with Crippen LogP contribution in [0.5, 0.6) is 0 Å². The van der Waals surface area contributed by atoms with Crippen LogP contribution >= 0.6 is 0 Å². The third-order valence-corrected chi connectivity index (χ3v) is 7.77. The molecule has 2 atom stereocenters. The topological polar surface area (TPSA) is 64.1 Å². The second-order valence-electron chi connectivity index (χ2n) is 9.09. The van der Waals surface area contributed by atoms with Crippen molar-refractivity contribution in [3.05, 3.63) is 58.7 Å². The van der Waals surface area contributed by atoms with Crippen molar-refractivity contribution in [3.8, 4) is 0 Å². The van der Waals surface area contributed by atoms with E-state index in [0.717, 1.165) is 43.0 Å². The van der Waals surface area contributed by atoms with Gasteiger partial charge in [0.15, 0.2) is 0 Å². The first-order valence-electron chi connectivity index (χ1n) is 11.0. The molecule has 0 saturated carbocycles. The minimum absolute atomic E-state index is 0.0873.